The lowest BCUT2D eigenvalue weighted by Gasteiger charge is -2.42. The van der Waals surface area contributed by atoms with Crippen LogP contribution in [0, 0.1) is 11.6 Å². The third-order valence-electron chi connectivity index (χ3n) is 3.14. The summed E-state index contributed by atoms with van der Waals surface area (Å²) in [5.74, 6) is -1.58. The Morgan fingerprint density at radius 1 is 1.31 bits per heavy atom. The lowest BCUT2D eigenvalue weighted by molar-refractivity contribution is -0.0639. The molecule has 0 aliphatic carbocycles. The Hall–Kier alpha value is -1.00. The Kier molecular flexibility index (Phi) is 3.21. The van der Waals surface area contributed by atoms with Gasteiger partial charge >= 0.3 is 0 Å². The Bertz CT molecular complexity index is 377. The van der Waals surface area contributed by atoms with Gasteiger partial charge in [-0.15, -0.1) is 0 Å². The fourth-order valence-corrected chi connectivity index (χ4v) is 1.99. The van der Waals surface area contributed by atoms with Crippen molar-refractivity contribution in [3.63, 3.8) is 0 Å². The van der Waals surface area contributed by atoms with Gasteiger partial charge in [0.05, 0.1) is 13.2 Å². The van der Waals surface area contributed by atoms with Crippen LogP contribution in [0.1, 0.15) is 12.0 Å². The molecule has 2 rings (SSSR count). The van der Waals surface area contributed by atoms with E-state index in [9.17, 15) is 8.78 Å². The van der Waals surface area contributed by atoms with Gasteiger partial charge in [-0.3, -0.25) is 0 Å². The first kappa shape index (κ1) is 11.5. The number of benzene rings is 1. The molecule has 4 heteroatoms. The van der Waals surface area contributed by atoms with Crippen LogP contribution in [-0.4, -0.2) is 26.8 Å². The lowest BCUT2D eigenvalue weighted by Crippen LogP contribution is -2.48. The number of ether oxygens (including phenoxy) is 1. The van der Waals surface area contributed by atoms with Crippen molar-refractivity contribution in [1.29, 1.82) is 0 Å². The number of rotatable bonds is 4. The van der Waals surface area contributed by atoms with Gasteiger partial charge in [0.15, 0.2) is 11.6 Å². The fourth-order valence-electron chi connectivity index (χ4n) is 1.99. The fraction of sp³-hybridized carbons (Fsp3) is 0.500. The molecule has 1 aromatic carbocycles. The Labute approximate surface area is 93.6 Å². The zero-order valence-electron chi connectivity index (χ0n) is 9.22. The molecule has 1 aromatic rings. The maximum Gasteiger partial charge on any atom is 0.159 e. The molecule has 1 N–H and O–H groups in total. The summed E-state index contributed by atoms with van der Waals surface area (Å²) in [6.45, 7) is 2.00. The van der Waals surface area contributed by atoms with Gasteiger partial charge in [0.25, 0.3) is 0 Å². The quantitative estimate of drug-likeness (QED) is 0.847. The summed E-state index contributed by atoms with van der Waals surface area (Å²) in [6, 6.07) is 4.12. The molecule has 88 valence electrons. The van der Waals surface area contributed by atoms with E-state index < -0.39 is 11.6 Å². The van der Waals surface area contributed by atoms with Crippen LogP contribution in [0.2, 0.25) is 0 Å². The van der Waals surface area contributed by atoms with Crippen LogP contribution >= 0.6 is 0 Å². The van der Waals surface area contributed by atoms with Gasteiger partial charge < -0.3 is 10.1 Å². The molecule has 0 unspecified atom stereocenters. The predicted octanol–water partition coefficient (Wildman–Crippen LogP) is 1.84. The van der Waals surface area contributed by atoms with E-state index in [0.29, 0.717) is 13.2 Å². The van der Waals surface area contributed by atoms with E-state index in [1.54, 1.807) is 6.07 Å². The van der Waals surface area contributed by atoms with Crippen molar-refractivity contribution in [3.05, 3.63) is 35.4 Å². The maximum absolute atomic E-state index is 13.2. The predicted molar refractivity (Wildman–Crippen MR) is 57.4 cm³/mol. The summed E-state index contributed by atoms with van der Waals surface area (Å²) in [5.41, 5.74) is 0.685. The van der Waals surface area contributed by atoms with E-state index in [1.165, 1.54) is 12.1 Å². The summed E-state index contributed by atoms with van der Waals surface area (Å²) in [4.78, 5) is 0. The Balaban J connectivity index is 2.22. The molecule has 0 atom stereocenters. The van der Waals surface area contributed by atoms with Gasteiger partial charge in [0, 0.05) is 5.41 Å². The first-order valence-corrected chi connectivity index (χ1v) is 5.36. The van der Waals surface area contributed by atoms with E-state index in [0.717, 1.165) is 18.5 Å². The number of nitrogens with one attached hydrogen (secondary N) is 1. The minimum Gasteiger partial charge on any atom is -0.379 e. The summed E-state index contributed by atoms with van der Waals surface area (Å²) in [6.07, 6.45) is 0.870. The molecule has 16 heavy (non-hydrogen) atoms. The average Bonchev–Trinajstić information content (AvgIpc) is 2.22. The minimum absolute atomic E-state index is 0.141. The number of hydrogen-bond donors (Lipinski definition) is 1. The third-order valence-corrected chi connectivity index (χ3v) is 3.14. The molecule has 1 saturated heterocycles. The Morgan fingerprint density at radius 2 is 2.06 bits per heavy atom. The average molecular weight is 227 g/mol. The summed E-state index contributed by atoms with van der Waals surface area (Å²) >= 11 is 0. The molecule has 0 saturated carbocycles. The van der Waals surface area contributed by atoms with Crippen molar-refractivity contribution >= 4 is 0 Å². The van der Waals surface area contributed by atoms with Gasteiger partial charge in [0.2, 0.25) is 0 Å². The minimum atomic E-state index is -0.798. The zero-order chi connectivity index (χ0) is 11.6. The first-order valence-electron chi connectivity index (χ1n) is 5.36. The highest BCUT2D eigenvalue weighted by molar-refractivity contribution is 5.29. The maximum atomic E-state index is 13.2. The summed E-state index contributed by atoms with van der Waals surface area (Å²) in [5, 5.41) is 3.06. The van der Waals surface area contributed by atoms with Crippen molar-refractivity contribution in [2.45, 2.75) is 11.8 Å². The second-order valence-electron chi connectivity index (χ2n) is 4.26. The molecule has 0 spiro atoms. The highest BCUT2D eigenvalue weighted by Gasteiger charge is 2.40. The van der Waals surface area contributed by atoms with Gasteiger partial charge in [0.1, 0.15) is 0 Å². The van der Waals surface area contributed by atoms with Crippen LogP contribution in [0.15, 0.2) is 18.2 Å². The molecule has 0 bridgehead atoms. The van der Waals surface area contributed by atoms with E-state index in [1.807, 2.05) is 7.05 Å². The van der Waals surface area contributed by atoms with Crippen LogP contribution in [0.4, 0.5) is 8.78 Å². The summed E-state index contributed by atoms with van der Waals surface area (Å²) in [7, 11) is 1.87. The van der Waals surface area contributed by atoms with E-state index in [2.05, 4.69) is 5.32 Å². The zero-order valence-corrected chi connectivity index (χ0v) is 9.22. The van der Waals surface area contributed by atoms with Crippen LogP contribution in [-0.2, 0) is 10.2 Å². The van der Waals surface area contributed by atoms with Gasteiger partial charge in [-0.2, -0.15) is 0 Å². The van der Waals surface area contributed by atoms with Gasteiger partial charge in [-0.25, -0.2) is 8.78 Å². The molecule has 1 heterocycles. The largest absolute Gasteiger partial charge is 0.379 e. The lowest BCUT2D eigenvalue weighted by atomic mass is 9.76. The molecule has 1 fully saturated rings. The standard InChI is InChI=1S/C12H15F2NO/c1-15-5-4-12(7-16-8-12)9-2-3-10(13)11(14)6-9/h2-3,6,15H,4-5,7-8H2,1H3. The molecule has 0 radical (unpaired) electrons. The van der Waals surface area contributed by atoms with Gasteiger partial charge in [-0.1, -0.05) is 6.07 Å². The van der Waals surface area contributed by atoms with Crippen molar-refractivity contribution < 1.29 is 13.5 Å². The molecule has 1 aliphatic heterocycles. The molecule has 0 amide bonds. The first-order chi connectivity index (χ1) is 7.68. The van der Waals surface area contributed by atoms with Crippen LogP contribution in [0.5, 0.6) is 0 Å². The number of hydrogen-bond acceptors (Lipinski definition) is 2. The van der Waals surface area contributed by atoms with Crippen molar-refractivity contribution in [2.75, 3.05) is 26.8 Å². The second kappa shape index (κ2) is 4.47. The SMILES string of the molecule is CNCCC1(c2ccc(F)c(F)c2)COC1. The smallest absolute Gasteiger partial charge is 0.159 e. The highest BCUT2D eigenvalue weighted by atomic mass is 19.2. The topological polar surface area (TPSA) is 21.3 Å². The second-order valence-corrected chi connectivity index (χ2v) is 4.26. The highest BCUT2D eigenvalue weighted by Crippen LogP contribution is 2.35. The molecule has 1 aliphatic rings. The Morgan fingerprint density at radius 3 is 2.56 bits per heavy atom. The molecule has 2 nitrogen and oxygen atoms in total. The third kappa shape index (κ3) is 1.95. The van der Waals surface area contributed by atoms with Crippen molar-refractivity contribution in [2.24, 2.45) is 0 Å². The van der Waals surface area contributed by atoms with Crippen molar-refractivity contribution in [3.8, 4) is 0 Å². The molecular weight excluding hydrogens is 212 g/mol. The molecular formula is C12H15F2NO. The van der Waals surface area contributed by atoms with E-state index in [-0.39, 0.29) is 5.41 Å². The normalized spacial score (nSPS) is 18.2. The van der Waals surface area contributed by atoms with Crippen molar-refractivity contribution in [1.82, 2.24) is 5.32 Å². The van der Waals surface area contributed by atoms with Gasteiger partial charge in [-0.05, 0) is 37.7 Å². The van der Waals surface area contributed by atoms with E-state index in [4.69, 9.17) is 4.74 Å². The molecule has 0 aromatic heterocycles. The monoisotopic (exact) mass is 227 g/mol. The van der Waals surface area contributed by atoms with Crippen LogP contribution in [0.3, 0.4) is 0 Å². The van der Waals surface area contributed by atoms with Crippen LogP contribution in [0.25, 0.3) is 0 Å². The summed E-state index contributed by atoms with van der Waals surface area (Å²) < 4.78 is 31.2. The number of halogens is 2. The van der Waals surface area contributed by atoms with E-state index >= 15 is 0 Å². The van der Waals surface area contributed by atoms with Crippen LogP contribution < -0.4 is 5.32 Å².